The highest BCUT2D eigenvalue weighted by molar-refractivity contribution is 6.17. The number of aromatic nitrogens is 3. The first-order valence-corrected chi connectivity index (χ1v) is 5.93. The molecule has 0 fully saturated rings. The van der Waals surface area contributed by atoms with Gasteiger partial charge < -0.3 is 9.84 Å². The molecule has 0 bridgehead atoms. The fraction of sp³-hybridized carbons (Fsp3) is 0.700. The number of aliphatic hydroxyl groups is 1. The molecule has 6 nitrogen and oxygen atoms in total. The Hall–Kier alpha value is -1.14. The van der Waals surface area contributed by atoms with E-state index in [2.05, 4.69) is 10.3 Å². The number of hydrogen-bond acceptors (Lipinski definition) is 5. The molecule has 0 spiro atoms. The molecule has 0 aliphatic carbocycles. The van der Waals surface area contributed by atoms with Crippen molar-refractivity contribution in [1.82, 2.24) is 15.0 Å². The lowest BCUT2D eigenvalue weighted by Gasteiger charge is -2.09. The van der Waals surface area contributed by atoms with Crippen LogP contribution in [0.15, 0.2) is 0 Å². The van der Waals surface area contributed by atoms with Crippen LogP contribution in [0.1, 0.15) is 30.0 Å². The Morgan fingerprint density at radius 3 is 2.88 bits per heavy atom. The van der Waals surface area contributed by atoms with Crippen molar-refractivity contribution < 1.29 is 14.6 Å². The number of alkyl halides is 1. The van der Waals surface area contributed by atoms with Crippen molar-refractivity contribution in [2.75, 3.05) is 13.2 Å². The second kappa shape index (κ2) is 6.56. The molecule has 1 aromatic rings. The number of esters is 1. The largest absolute Gasteiger partial charge is 0.461 e. The molecule has 0 aromatic carbocycles. The van der Waals surface area contributed by atoms with E-state index >= 15 is 0 Å². The van der Waals surface area contributed by atoms with E-state index in [4.69, 9.17) is 21.4 Å². The van der Waals surface area contributed by atoms with Crippen LogP contribution in [0.25, 0.3) is 0 Å². The first-order valence-electron chi connectivity index (χ1n) is 5.40. The van der Waals surface area contributed by atoms with E-state index in [0.717, 1.165) is 0 Å². The van der Waals surface area contributed by atoms with Crippen molar-refractivity contribution in [1.29, 1.82) is 0 Å². The number of halogens is 1. The molecule has 7 heteroatoms. The standard InChI is InChI=1S/C10H16ClN3O3/c1-3-17-10(16)9-8(4-11)14(13-12-9)5-7(2)6-15/h7,15H,3-6H2,1-2H3. The highest BCUT2D eigenvalue weighted by Gasteiger charge is 2.20. The normalized spacial score (nSPS) is 12.5. The van der Waals surface area contributed by atoms with E-state index in [-0.39, 0.29) is 30.7 Å². The predicted molar refractivity (Wildman–Crippen MR) is 61.8 cm³/mol. The zero-order valence-electron chi connectivity index (χ0n) is 9.89. The average molecular weight is 262 g/mol. The lowest BCUT2D eigenvalue weighted by Crippen LogP contribution is -2.15. The third kappa shape index (κ3) is 3.41. The smallest absolute Gasteiger partial charge is 0.360 e. The minimum Gasteiger partial charge on any atom is -0.461 e. The summed E-state index contributed by atoms with van der Waals surface area (Å²) < 4.78 is 6.38. The number of nitrogens with zero attached hydrogens (tertiary/aromatic N) is 3. The fourth-order valence-electron chi connectivity index (χ4n) is 1.32. The molecule has 1 heterocycles. The number of carbonyl (C=O) groups is 1. The van der Waals surface area contributed by atoms with Gasteiger partial charge in [0.1, 0.15) is 0 Å². The Morgan fingerprint density at radius 2 is 2.35 bits per heavy atom. The molecule has 0 saturated heterocycles. The summed E-state index contributed by atoms with van der Waals surface area (Å²) in [6, 6.07) is 0. The fourth-order valence-corrected chi connectivity index (χ4v) is 1.59. The summed E-state index contributed by atoms with van der Waals surface area (Å²) >= 11 is 5.78. The predicted octanol–water partition coefficient (Wildman–Crippen LogP) is 0.822. The maximum absolute atomic E-state index is 11.5. The van der Waals surface area contributed by atoms with Gasteiger partial charge in [-0.05, 0) is 12.8 Å². The summed E-state index contributed by atoms with van der Waals surface area (Å²) in [5.74, 6) is -0.376. The molecule has 0 saturated carbocycles. The Bertz CT molecular complexity index is 381. The van der Waals surface area contributed by atoms with Gasteiger partial charge in [-0.2, -0.15) is 0 Å². The summed E-state index contributed by atoms with van der Waals surface area (Å²) in [4.78, 5) is 11.5. The number of aliphatic hydroxyl groups excluding tert-OH is 1. The van der Waals surface area contributed by atoms with Crippen LogP contribution in [0, 0.1) is 5.92 Å². The van der Waals surface area contributed by atoms with Gasteiger partial charge in [-0.25, -0.2) is 9.48 Å². The third-order valence-corrected chi connectivity index (χ3v) is 2.48. The number of carbonyl (C=O) groups excluding carboxylic acids is 1. The molecule has 1 rings (SSSR count). The highest BCUT2D eigenvalue weighted by atomic mass is 35.5. The molecule has 0 radical (unpaired) electrons. The molecular formula is C10H16ClN3O3. The van der Waals surface area contributed by atoms with Crippen LogP contribution in [0.2, 0.25) is 0 Å². The molecule has 96 valence electrons. The summed E-state index contributed by atoms with van der Waals surface area (Å²) in [5, 5.41) is 16.6. The Kier molecular flexibility index (Phi) is 5.37. The van der Waals surface area contributed by atoms with Crippen LogP contribution in [-0.2, 0) is 17.2 Å². The zero-order chi connectivity index (χ0) is 12.8. The number of hydrogen-bond donors (Lipinski definition) is 1. The second-order valence-corrected chi connectivity index (χ2v) is 3.98. The quantitative estimate of drug-likeness (QED) is 0.606. The number of rotatable bonds is 6. The van der Waals surface area contributed by atoms with E-state index in [1.54, 1.807) is 6.92 Å². The van der Waals surface area contributed by atoms with E-state index in [0.29, 0.717) is 12.2 Å². The molecule has 0 aliphatic rings. The SMILES string of the molecule is CCOC(=O)c1nnn(CC(C)CO)c1CCl. The van der Waals surface area contributed by atoms with E-state index < -0.39 is 5.97 Å². The zero-order valence-corrected chi connectivity index (χ0v) is 10.6. The van der Waals surface area contributed by atoms with Crippen LogP contribution in [0.4, 0.5) is 0 Å². The van der Waals surface area contributed by atoms with Gasteiger partial charge in [0.05, 0.1) is 18.2 Å². The minimum absolute atomic E-state index is 0.0220. The highest BCUT2D eigenvalue weighted by Crippen LogP contribution is 2.12. The van der Waals surface area contributed by atoms with Crippen molar-refractivity contribution in [3.63, 3.8) is 0 Å². The third-order valence-electron chi connectivity index (χ3n) is 2.23. The molecule has 1 unspecified atom stereocenters. The average Bonchev–Trinajstić information content (AvgIpc) is 2.72. The summed E-state index contributed by atoms with van der Waals surface area (Å²) in [6.45, 7) is 4.36. The maximum atomic E-state index is 11.5. The molecule has 17 heavy (non-hydrogen) atoms. The van der Waals surface area contributed by atoms with E-state index in [1.165, 1.54) is 4.68 Å². The lowest BCUT2D eigenvalue weighted by molar-refractivity contribution is 0.0518. The molecule has 1 aromatic heterocycles. The Balaban J connectivity index is 2.90. The molecule has 1 atom stereocenters. The second-order valence-electron chi connectivity index (χ2n) is 3.71. The first kappa shape index (κ1) is 13.9. The van der Waals surface area contributed by atoms with Crippen molar-refractivity contribution in [3.8, 4) is 0 Å². The van der Waals surface area contributed by atoms with Crippen molar-refractivity contribution in [2.45, 2.75) is 26.3 Å². The lowest BCUT2D eigenvalue weighted by atomic mass is 10.2. The van der Waals surface area contributed by atoms with Gasteiger partial charge in [-0.3, -0.25) is 0 Å². The van der Waals surface area contributed by atoms with Crippen LogP contribution in [0.5, 0.6) is 0 Å². The number of ether oxygens (including phenoxy) is 1. The van der Waals surface area contributed by atoms with Crippen LogP contribution in [0.3, 0.4) is 0 Å². The van der Waals surface area contributed by atoms with Crippen molar-refractivity contribution in [3.05, 3.63) is 11.4 Å². The monoisotopic (exact) mass is 261 g/mol. The van der Waals surface area contributed by atoms with Crippen molar-refractivity contribution in [2.24, 2.45) is 5.92 Å². The van der Waals surface area contributed by atoms with Crippen LogP contribution in [-0.4, -0.2) is 39.3 Å². The van der Waals surface area contributed by atoms with Gasteiger partial charge in [0, 0.05) is 13.2 Å². The van der Waals surface area contributed by atoms with Crippen molar-refractivity contribution >= 4 is 17.6 Å². The summed E-state index contributed by atoms with van der Waals surface area (Å²) in [7, 11) is 0. The topological polar surface area (TPSA) is 77.2 Å². The van der Waals surface area contributed by atoms with Crippen LogP contribution < -0.4 is 0 Å². The van der Waals surface area contributed by atoms with E-state index in [1.807, 2.05) is 6.92 Å². The Labute approximate surface area is 105 Å². The van der Waals surface area contributed by atoms with Crippen LogP contribution >= 0.6 is 11.6 Å². The molecule has 0 aliphatic heterocycles. The van der Waals surface area contributed by atoms with Gasteiger partial charge in [0.25, 0.3) is 0 Å². The summed E-state index contributed by atoms with van der Waals surface area (Å²) in [6.07, 6.45) is 0. The Morgan fingerprint density at radius 1 is 1.65 bits per heavy atom. The molecule has 0 amide bonds. The molecular weight excluding hydrogens is 246 g/mol. The first-order chi connectivity index (χ1) is 8.13. The van der Waals surface area contributed by atoms with Gasteiger partial charge >= 0.3 is 5.97 Å². The summed E-state index contributed by atoms with van der Waals surface area (Å²) in [5.41, 5.74) is 0.664. The van der Waals surface area contributed by atoms with Gasteiger partial charge in [0.2, 0.25) is 0 Å². The maximum Gasteiger partial charge on any atom is 0.360 e. The molecule has 1 N–H and O–H groups in total. The minimum atomic E-state index is -0.522. The van der Waals surface area contributed by atoms with Gasteiger partial charge in [-0.15, -0.1) is 16.7 Å². The van der Waals surface area contributed by atoms with Gasteiger partial charge in [-0.1, -0.05) is 12.1 Å². The van der Waals surface area contributed by atoms with E-state index in [9.17, 15) is 4.79 Å². The van der Waals surface area contributed by atoms with Gasteiger partial charge in [0.15, 0.2) is 5.69 Å².